The zero-order chi connectivity index (χ0) is 15.0. The predicted octanol–water partition coefficient (Wildman–Crippen LogP) is 2.10. The average Bonchev–Trinajstić information content (AvgIpc) is 2.36. The number of hydrogen-bond donors (Lipinski definition) is 3. The number of amides is 2. The van der Waals surface area contributed by atoms with E-state index in [1.807, 2.05) is 0 Å². The molecule has 1 rings (SSSR count). The second-order valence-corrected chi connectivity index (χ2v) is 3.78. The fraction of sp³-hybridized carbons (Fsp3) is 0.308. The van der Waals surface area contributed by atoms with Crippen LogP contribution in [0.3, 0.4) is 0 Å². The van der Waals surface area contributed by atoms with Gasteiger partial charge >= 0.3 is 12.2 Å². The summed E-state index contributed by atoms with van der Waals surface area (Å²) in [4.78, 5) is 11.2. The van der Waals surface area contributed by atoms with E-state index in [0.717, 1.165) is 0 Å². The summed E-state index contributed by atoms with van der Waals surface area (Å²) in [6, 6.07) is 5.41. The van der Waals surface area contributed by atoms with Gasteiger partial charge in [0.1, 0.15) is 6.54 Å². The molecule has 0 unspecified atom stereocenters. The standard InChI is InChI=1S/C13H13F3N2O2/c14-13(15,16)9-17-12(20)18-11-6-3-5-10(8-11)4-1-2-7-19/h3,5-6,8,19H,2,7,9H2,(H2,17,18,20). The molecule has 0 aliphatic heterocycles. The molecule has 0 bridgehead atoms. The van der Waals surface area contributed by atoms with E-state index in [1.165, 1.54) is 12.1 Å². The number of carbonyl (C=O) groups is 1. The molecular weight excluding hydrogens is 273 g/mol. The van der Waals surface area contributed by atoms with Crippen LogP contribution in [0.5, 0.6) is 0 Å². The van der Waals surface area contributed by atoms with Crippen molar-refractivity contribution >= 4 is 11.7 Å². The Labute approximate surface area is 114 Å². The van der Waals surface area contributed by atoms with Crippen molar-refractivity contribution in [2.24, 2.45) is 0 Å². The molecule has 0 atom stereocenters. The molecule has 108 valence electrons. The lowest BCUT2D eigenvalue weighted by atomic mass is 10.2. The highest BCUT2D eigenvalue weighted by Gasteiger charge is 2.27. The first-order chi connectivity index (χ1) is 9.40. The summed E-state index contributed by atoms with van der Waals surface area (Å²) in [5.41, 5.74) is 0.924. The number of nitrogens with one attached hydrogen (secondary N) is 2. The summed E-state index contributed by atoms with van der Waals surface area (Å²) in [6.45, 7) is -1.44. The van der Waals surface area contributed by atoms with Gasteiger partial charge < -0.3 is 15.7 Å². The van der Waals surface area contributed by atoms with Gasteiger partial charge in [-0.3, -0.25) is 0 Å². The van der Waals surface area contributed by atoms with Crippen LogP contribution >= 0.6 is 0 Å². The molecule has 0 radical (unpaired) electrons. The van der Waals surface area contributed by atoms with Crippen LogP contribution in [0.15, 0.2) is 24.3 Å². The van der Waals surface area contributed by atoms with Crippen LogP contribution in [0.1, 0.15) is 12.0 Å². The van der Waals surface area contributed by atoms with E-state index < -0.39 is 18.8 Å². The molecule has 0 spiro atoms. The summed E-state index contributed by atoms with van der Waals surface area (Å²) >= 11 is 0. The van der Waals surface area contributed by atoms with Crippen molar-refractivity contribution in [3.05, 3.63) is 29.8 Å². The summed E-state index contributed by atoms with van der Waals surface area (Å²) in [6.07, 6.45) is -4.13. The van der Waals surface area contributed by atoms with Gasteiger partial charge in [-0.05, 0) is 18.2 Å². The molecule has 2 amide bonds. The van der Waals surface area contributed by atoms with Crippen LogP contribution in [0.4, 0.5) is 23.7 Å². The molecule has 3 N–H and O–H groups in total. The molecule has 0 saturated heterocycles. The Bertz CT molecular complexity index is 518. The van der Waals surface area contributed by atoms with Crippen molar-refractivity contribution in [3.8, 4) is 11.8 Å². The highest BCUT2D eigenvalue weighted by Crippen LogP contribution is 2.13. The zero-order valence-corrected chi connectivity index (χ0v) is 10.4. The summed E-state index contributed by atoms with van der Waals surface area (Å²) in [5.74, 6) is 5.45. The molecule has 0 aromatic heterocycles. The lowest BCUT2D eigenvalue weighted by molar-refractivity contribution is -0.122. The highest BCUT2D eigenvalue weighted by molar-refractivity contribution is 5.89. The number of aliphatic hydroxyl groups is 1. The molecule has 0 aliphatic rings. The van der Waals surface area contributed by atoms with Gasteiger partial charge in [-0.2, -0.15) is 13.2 Å². The quantitative estimate of drug-likeness (QED) is 0.745. The molecular formula is C13H13F3N2O2. The van der Waals surface area contributed by atoms with Crippen molar-refractivity contribution in [3.63, 3.8) is 0 Å². The van der Waals surface area contributed by atoms with Gasteiger partial charge in [-0.25, -0.2) is 4.79 Å². The normalized spacial score (nSPS) is 10.4. The smallest absolute Gasteiger partial charge is 0.395 e. The van der Waals surface area contributed by atoms with Gasteiger partial charge in [-0.1, -0.05) is 17.9 Å². The Hall–Kier alpha value is -2.20. The first-order valence-electron chi connectivity index (χ1n) is 5.72. The molecule has 20 heavy (non-hydrogen) atoms. The fourth-order valence-electron chi connectivity index (χ4n) is 1.25. The third kappa shape index (κ3) is 6.66. The third-order valence-corrected chi connectivity index (χ3v) is 2.04. The van der Waals surface area contributed by atoms with E-state index in [-0.39, 0.29) is 6.61 Å². The second kappa shape index (κ2) is 7.40. The second-order valence-electron chi connectivity index (χ2n) is 3.78. The molecule has 0 saturated carbocycles. The van der Waals surface area contributed by atoms with E-state index in [0.29, 0.717) is 17.7 Å². The molecule has 7 heteroatoms. The Morgan fingerprint density at radius 3 is 2.75 bits per heavy atom. The number of halogens is 3. The number of carbonyl (C=O) groups excluding carboxylic acids is 1. The van der Waals surface area contributed by atoms with Gasteiger partial charge in [-0.15, -0.1) is 0 Å². The number of rotatable bonds is 3. The number of benzene rings is 1. The van der Waals surface area contributed by atoms with Crippen LogP contribution < -0.4 is 10.6 Å². The topological polar surface area (TPSA) is 61.4 Å². The fourth-order valence-corrected chi connectivity index (χ4v) is 1.25. The maximum Gasteiger partial charge on any atom is 0.405 e. The highest BCUT2D eigenvalue weighted by atomic mass is 19.4. The minimum atomic E-state index is -4.45. The van der Waals surface area contributed by atoms with E-state index >= 15 is 0 Å². The zero-order valence-electron chi connectivity index (χ0n) is 10.4. The van der Waals surface area contributed by atoms with Gasteiger partial charge in [0.05, 0.1) is 6.61 Å². The summed E-state index contributed by atoms with van der Waals surface area (Å²) in [5, 5.41) is 12.6. The van der Waals surface area contributed by atoms with Gasteiger partial charge in [0.15, 0.2) is 0 Å². The Morgan fingerprint density at radius 1 is 1.35 bits per heavy atom. The molecule has 1 aromatic rings. The first-order valence-corrected chi connectivity index (χ1v) is 5.72. The van der Waals surface area contributed by atoms with Crippen LogP contribution in [0, 0.1) is 11.8 Å². The van der Waals surface area contributed by atoms with E-state index in [1.54, 1.807) is 17.4 Å². The van der Waals surface area contributed by atoms with E-state index in [2.05, 4.69) is 17.2 Å². The van der Waals surface area contributed by atoms with Gasteiger partial charge in [0, 0.05) is 17.7 Å². The van der Waals surface area contributed by atoms with Crippen LogP contribution in [-0.2, 0) is 0 Å². The number of anilines is 1. The SMILES string of the molecule is O=C(NCC(F)(F)F)Nc1cccc(C#CCCO)c1. The maximum absolute atomic E-state index is 11.9. The number of hydrogen-bond acceptors (Lipinski definition) is 2. The maximum atomic E-state index is 11.9. The molecule has 0 aliphatic carbocycles. The number of urea groups is 1. The molecule has 0 heterocycles. The van der Waals surface area contributed by atoms with Crippen LogP contribution in [-0.4, -0.2) is 30.5 Å². The van der Waals surface area contributed by atoms with Crippen molar-refractivity contribution in [2.75, 3.05) is 18.5 Å². The van der Waals surface area contributed by atoms with E-state index in [4.69, 9.17) is 5.11 Å². The predicted molar refractivity (Wildman–Crippen MR) is 68.1 cm³/mol. The van der Waals surface area contributed by atoms with Crippen molar-refractivity contribution < 1.29 is 23.1 Å². The lowest BCUT2D eigenvalue weighted by Crippen LogP contribution is -2.36. The van der Waals surface area contributed by atoms with Crippen LogP contribution in [0.2, 0.25) is 0 Å². The Kier molecular flexibility index (Phi) is 5.87. The number of alkyl halides is 3. The summed E-state index contributed by atoms with van der Waals surface area (Å²) < 4.78 is 35.7. The van der Waals surface area contributed by atoms with Gasteiger partial charge in [0.2, 0.25) is 0 Å². The average molecular weight is 286 g/mol. The van der Waals surface area contributed by atoms with Crippen molar-refractivity contribution in [1.82, 2.24) is 5.32 Å². The number of aliphatic hydroxyl groups excluding tert-OH is 1. The summed E-state index contributed by atoms with van der Waals surface area (Å²) in [7, 11) is 0. The third-order valence-electron chi connectivity index (χ3n) is 2.04. The van der Waals surface area contributed by atoms with Crippen molar-refractivity contribution in [2.45, 2.75) is 12.6 Å². The van der Waals surface area contributed by atoms with E-state index in [9.17, 15) is 18.0 Å². The van der Waals surface area contributed by atoms with Crippen molar-refractivity contribution in [1.29, 1.82) is 0 Å². The Morgan fingerprint density at radius 2 is 2.10 bits per heavy atom. The monoisotopic (exact) mass is 286 g/mol. The van der Waals surface area contributed by atoms with Gasteiger partial charge in [0.25, 0.3) is 0 Å². The largest absolute Gasteiger partial charge is 0.405 e. The molecule has 4 nitrogen and oxygen atoms in total. The molecule has 1 aromatic carbocycles. The first kappa shape index (κ1) is 15.9. The minimum Gasteiger partial charge on any atom is -0.395 e. The van der Waals surface area contributed by atoms with Crippen LogP contribution in [0.25, 0.3) is 0 Å². The molecule has 0 fully saturated rings. The lowest BCUT2D eigenvalue weighted by Gasteiger charge is -2.09. The Balaban J connectivity index is 2.58. The minimum absolute atomic E-state index is 0.0508.